The van der Waals surface area contributed by atoms with Crippen LogP contribution in [0.5, 0.6) is 0 Å². The van der Waals surface area contributed by atoms with E-state index in [0.717, 1.165) is 45.3 Å². The van der Waals surface area contributed by atoms with Crippen LogP contribution in [0.3, 0.4) is 0 Å². The highest BCUT2D eigenvalue weighted by atomic mass is 32.2. The zero-order valence-corrected chi connectivity index (χ0v) is 20.3. The van der Waals surface area contributed by atoms with E-state index in [1.807, 2.05) is 30.3 Å². The van der Waals surface area contributed by atoms with Gasteiger partial charge in [-0.15, -0.1) is 0 Å². The Kier molecular flexibility index (Phi) is 7.78. The van der Waals surface area contributed by atoms with Crippen molar-refractivity contribution in [2.45, 2.75) is 30.6 Å². The zero-order valence-electron chi connectivity index (χ0n) is 19.5. The van der Waals surface area contributed by atoms with Crippen LogP contribution in [0.25, 0.3) is 0 Å². The van der Waals surface area contributed by atoms with E-state index >= 15 is 0 Å². The van der Waals surface area contributed by atoms with Gasteiger partial charge in [0.2, 0.25) is 15.9 Å². The molecule has 0 bridgehead atoms. The zero-order chi connectivity index (χ0) is 25.7. The molecule has 1 unspecified atom stereocenters. The van der Waals surface area contributed by atoms with E-state index in [-0.39, 0.29) is 36.9 Å². The number of hydrogen-bond donors (Lipinski definition) is 2. The first-order valence-electron chi connectivity index (χ1n) is 11.5. The lowest BCUT2D eigenvalue weighted by Gasteiger charge is -2.29. The van der Waals surface area contributed by atoms with Crippen molar-refractivity contribution in [3.05, 3.63) is 101 Å². The Balaban J connectivity index is 1.60. The first kappa shape index (κ1) is 25.5. The molecule has 2 amide bonds. The number of halogens is 1. The van der Waals surface area contributed by atoms with E-state index in [2.05, 4.69) is 5.32 Å². The molecule has 188 valence electrons. The summed E-state index contributed by atoms with van der Waals surface area (Å²) in [5.74, 6) is -1.58. The topological polar surface area (TPSA) is 113 Å². The number of nitrogens with one attached hydrogen (secondary N) is 1. The van der Waals surface area contributed by atoms with Crippen LogP contribution >= 0.6 is 0 Å². The maximum atomic E-state index is 13.4. The summed E-state index contributed by atoms with van der Waals surface area (Å²) in [6, 6.07) is 20.7. The first-order chi connectivity index (χ1) is 17.3. The second-order valence-electron chi connectivity index (χ2n) is 8.43. The predicted octanol–water partition coefficient (Wildman–Crippen LogP) is 2.00. The molecule has 3 N–H and O–H groups in total. The molecule has 1 heterocycles. The Bertz CT molecular complexity index is 1330. The van der Waals surface area contributed by atoms with Crippen LogP contribution in [0.4, 0.5) is 4.39 Å². The monoisotopic (exact) mass is 510 g/mol. The van der Waals surface area contributed by atoms with E-state index in [1.54, 1.807) is 24.3 Å². The Morgan fingerprint density at radius 3 is 2.28 bits per heavy atom. The third-order valence-corrected chi connectivity index (χ3v) is 7.86. The highest BCUT2D eigenvalue weighted by molar-refractivity contribution is 7.89. The Morgan fingerprint density at radius 2 is 1.58 bits per heavy atom. The van der Waals surface area contributed by atoms with Crippen molar-refractivity contribution in [1.82, 2.24) is 14.5 Å². The minimum Gasteiger partial charge on any atom is -0.349 e. The van der Waals surface area contributed by atoms with Crippen molar-refractivity contribution in [1.29, 1.82) is 0 Å². The van der Waals surface area contributed by atoms with Crippen LogP contribution < -0.4 is 11.1 Å². The molecule has 0 radical (unpaired) electrons. The van der Waals surface area contributed by atoms with Crippen LogP contribution in [0, 0.1) is 5.82 Å². The van der Waals surface area contributed by atoms with Gasteiger partial charge in [0.15, 0.2) is 6.17 Å². The van der Waals surface area contributed by atoms with Crippen molar-refractivity contribution in [3.8, 4) is 0 Å². The summed E-state index contributed by atoms with van der Waals surface area (Å²) in [5, 5.41) is 2.76. The molecule has 0 aliphatic carbocycles. The number of carbonyl (C=O) groups excluding carboxylic acids is 2. The fourth-order valence-corrected chi connectivity index (χ4v) is 5.70. The molecular formula is C26H27FN4O4S. The first-order valence-corrected chi connectivity index (χ1v) is 12.9. The average molecular weight is 511 g/mol. The molecule has 0 saturated carbocycles. The van der Waals surface area contributed by atoms with Crippen molar-refractivity contribution in [2.75, 3.05) is 13.1 Å². The van der Waals surface area contributed by atoms with Crippen LogP contribution in [0.15, 0.2) is 83.8 Å². The summed E-state index contributed by atoms with van der Waals surface area (Å²) in [6.45, 7) is 0.456. The van der Waals surface area contributed by atoms with Gasteiger partial charge in [0.05, 0.1) is 11.3 Å². The molecule has 0 aromatic heterocycles. The molecule has 0 spiro atoms. The second kappa shape index (κ2) is 11.0. The number of rotatable bonds is 8. The fraction of sp³-hybridized carbons (Fsp3) is 0.231. The van der Waals surface area contributed by atoms with E-state index in [9.17, 15) is 22.4 Å². The summed E-state index contributed by atoms with van der Waals surface area (Å²) in [6.07, 6.45) is -1.36. The Hall–Kier alpha value is -3.60. The van der Waals surface area contributed by atoms with Gasteiger partial charge in [0.1, 0.15) is 5.82 Å². The largest absolute Gasteiger partial charge is 0.349 e. The second-order valence-corrected chi connectivity index (χ2v) is 10.3. The van der Waals surface area contributed by atoms with E-state index < -0.39 is 27.9 Å². The maximum Gasteiger partial charge on any atom is 0.259 e. The minimum absolute atomic E-state index is 0.0214. The van der Waals surface area contributed by atoms with Gasteiger partial charge in [-0.1, -0.05) is 54.6 Å². The Labute approximate surface area is 209 Å². The predicted molar refractivity (Wildman–Crippen MR) is 132 cm³/mol. The van der Waals surface area contributed by atoms with Gasteiger partial charge in [-0.2, -0.15) is 4.31 Å². The summed E-state index contributed by atoms with van der Waals surface area (Å²) in [7, 11) is -4.19. The number of sulfonamides is 1. The van der Waals surface area contributed by atoms with Crippen molar-refractivity contribution >= 4 is 21.8 Å². The number of benzene rings is 3. The van der Waals surface area contributed by atoms with Gasteiger partial charge >= 0.3 is 0 Å². The summed E-state index contributed by atoms with van der Waals surface area (Å²) in [4.78, 5) is 27.7. The lowest BCUT2D eigenvalue weighted by molar-refractivity contribution is -0.140. The molecule has 8 nitrogen and oxygen atoms in total. The van der Waals surface area contributed by atoms with Gasteiger partial charge in [-0.25, -0.2) is 12.8 Å². The quantitative estimate of drug-likeness (QED) is 0.481. The molecule has 3 aromatic rings. The third-order valence-electron chi connectivity index (χ3n) is 6.00. The van der Waals surface area contributed by atoms with Crippen molar-refractivity contribution in [3.63, 3.8) is 0 Å². The molecule has 1 saturated heterocycles. The molecule has 1 atom stereocenters. The van der Waals surface area contributed by atoms with Crippen LogP contribution in [-0.2, 0) is 39.1 Å². The average Bonchev–Trinajstić information content (AvgIpc) is 3.35. The van der Waals surface area contributed by atoms with E-state index in [1.165, 1.54) is 4.90 Å². The molecule has 1 aliphatic rings. The number of carbonyl (C=O) groups is 2. The Morgan fingerprint density at radius 1 is 0.917 bits per heavy atom. The molecule has 1 fully saturated rings. The minimum atomic E-state index is -4.19. The van der Waals surface area contributed by atoms with Crippen LogP contribution in [-0.4, -0.2) is 48.7 Å². The van der Waals surface area contributed by atoms with Gasteiger partial charge in [0, 0.05) is 26.2 Å². The normalized spacial score (nSPS) is 16.2. The third kappa shape index (κ3) is 5.62. The molecule has 10 heteroatoms. The van der Waals surface area contributed by atoms with Gasteiger partial charge in [0.25, 0.3) is 5.91 Å². The lowest BCUT2D eigenvalue weighted by atomic mass is 10.1. The number of nitrogens with two attached hydrogens (primary N) is 1. The lowest BCUT2D eigenvalue weighted by Crippen LogP contribution is -2.53. The number of nitrogens with zero attached hydrogens (tertiary/aromatic N) is 2. The number of amides is 2. The summed E-state index contributed by atoms with van der Waals surface area (Å²) >= 11 is 0. The standard InChI is InChI=1S/C26H27FN4O4S/c27-22-9-11-23(12-10-22)36(34,35)31-14-13-30(24(32)16-19-5-2-1-3-6-19)26(31)25(33)29-18-21-8-4-7-20(15-21)17-28/h1-12,15,26H,13-14,16-18,28H2,(H,29,33). The SMILES string of the molecule is NCc1cccc(CNC(=O)C2N(C(=O)Cc3ccccc3)CCN2S(=O)(=O)c2ccc(F)cc2)c1. The van der Waals surface area contributed by atoms with Crippen molar-refractivity contribution in [2.24, 2.45) is 5.73 Å². The molecule has 3 aromatic carbocycles. The van der Waals surface area contributed by atoms with Crippen LogP contribution in [0.2, 0.25) is 0 Å². The van der Waals surface area contributed by atoms with Crippen LogP contribution in [0.1, 0.15) is 16.7 Å². The highest BCUT2D eigenvalue weighted by Crippen LogP contribution is 2.26. The fourth-order valence-electron chi connectivity index (χ4n) is 4.15. The van der Waals surface area contributed by atoms with Crippen molar-refractivity contribution < 1.29 is 22.4 Å². The number of hydrogen-bond acceptors (Lipinski definition) is 5. The molecule has 1 aliphatic heterocycles. The maximum absolute atomic E-state index is 13.4. The molecule has 4 rings (SSSR count). The highest BCUT2D eigenvalue weighted by Gasteiger charge is 2.46. The molecular weight excluding hydrogens is 483 g/mol. The van der Waals surface area contributed by atoms with Gasteiger partial charge in [-0.3, -0.25) is 9.59 Å². The summed E-state index contributed by atoms with van der Waals surface area (Å²) < 4.78 is 41.2. The van der Waals surface area contributed by atoms with Gasteiger partial charge in [-0.05, 0) is 41.0 Å². The summed E-state index contributed by atoms with van der Waals surface area (Å²) in [5.41, 5.74) is 8.12. The van der Waals surface area contributed by atoms with E-state index in [0.29, 0.717) is 6.54 Å². The smallest absolute Gasteiger partial charge is 0.259 e. The van der Waals surface area contributed by atoms with Gasteiger partial charge < -0.3 is 16.0 Å². The molecule has 36 heavy (non-hydrogen) atoms. The van der Waals surface area contributed by atoms with E-state index in [4.69, 9.17) is 5.73 Å².